The van der Waals surface area contributed by atoms with Crippen LogP contribution in [-0.4, -0.2) is 34.2 Å². The highest BCUT2D eigenvalue weighted by Crippen LogP contribution is 2.18. The number of esters is 1. The number of hydrogen-bond donors (Lipinski definition) is 2. The number of hydrogen-bond acceptors (Lipinski definition) is 6. The summed E-state index contributed by atoms with van der Waals surface area (Å²) in [6.07, 6.45) is 1.14. The first-order valence-electron chi connectivity index (χ1n) is 8.83. The lowest BCUT2D eigenvalue weighted by molar-refractivity contribution is -0.125. The van der Waals surface area contributed by atoms with Crippen molar-refractivity contribution in [3.8, 4) is 5.69 Å². The second-order valence-electron chi connectivity index (χ2n) is 6.10. The molecule has 0 aliphatic rings. The second kappa shape index (κ2) is 10.0. The number of amides is 2. The maximum absolute atomic E-state index is 13.6. The molecule has 9 nitrogen and oxygen atoms in total. The summed E-state index contributed by atoms with van der Waals surface area (Å²) in [5.41, 5.74) is 2.94. The molecule has 2 aromatic carbocycles. The van der Waals surface area contributed by atoms with Crippen molar-refractivity contribution in [1.82, 2.24) is 20.6 Å². The molecule has 3 rings (SSSR count). The molecule has 0 aliphatic heterocycles. The lowest BCUT2D eigenvalue weighted by Gasteiger charge is -2.11. The van der Waals surface area contributed by atoms with E-state index in [0.29, 0.717) is 0 Å². The SMILES string of the molecule is O=C(COC(=O)c1ccccc1-n1ncc(Cl)c(Cl)c1=O)NNC(=O)c1ccccc1F. The smallest absolute Gasteiger partial charge is 0.340 e. The average molecular weight is 479 g/mol. The first-order chi connectivity index (χ1) is 15.3. The highest BCUT2D eigenvalue weighted by atomic mass is 35.5. The molecule has 0 radical (unpaired) electrons. The van der Waals surface area contributed by atoms with Gasteiger partial charge in [-0.3, -0.25) is 25.2 Å². The fourth-order valence-corrected chi connectivity index (χ4v) is 2.75. The van der Waals surface area contributed by atoms with E-state index in [-0.39, 0.29) is 26.9 Å². The number of ether oxygens (including phenoxy) is 1. The Morgan fingerprint density at radius 3 is 2.38 bits per heavy atom. The third-order valence-corrected chi connectivity index (χ3v) is 4.75. The van der Waals surface area contributed by atoms with Gasteiger partial charge in [0.25, 0.3) is 17.4 Å². The summed E-state index contributed by atoms with van der Waals surface area (Å²) in [5.74, 6) is -3.49. The van der Waals surface area contributed by atoms with Crippen LogP contribution >= 0.6 is 23.2 Å². The fraction of sp³-hybridized carbons (Fsp3) is 0.0500. The van der Waals surface area contributed by atoms with Crippen LogP contribution in [0.4, 0.5) is 4.39 Å². The van der Waals surface area contributed by atoms with Crippen molar-refractivity contribution in [3.05, 3.63) is 92.1 Å². The minimum Gasteiger partial charge on any atom is -0.452 e. The molecule has 1 aromatic heterocycles. The molecule has 0 aliphatic carbocycles. The predicted molar refractivity (Wildman–Crippen MR) is 112 cm³/mol. The second-order valence-corrected chi connectivity index (χ2v) is 6.88. The van der Waals surface area contributed by atoms with Crippen LogP contribution in [-0.2, 0) is 9.53 Å². The molecule has 0 spiro atoms. The molecule has 0 saturated carbocycles. The lowest BCUT2D eigenvalue weighted by atomic mass is 10.2. The summed E-state index contributed by atoms with van der Waals surface area (Å²) in [4.78, 5) is 48.6. The molecule has 0 unspecified atom stereocenters. The Balaban J connectivity index is 1.65. The van der Waals surface area contributed by atoms with Gasteiger partial charge >= 0.3 is 5.97 Å². The van der Waals surface area contributed by atoms with Gasteiger partial charge in [0, 0.05) is 0 Å². The van der Waals surface area contributed by atoms with Crippen LogP contribution < -0.4 is 16.4 Å². The zero-order valence-corrected chi connectivity index (χ0v) is 17.5. The Kier molecular flexibility index (Phi) is 7.18. The van der Waals surface area contributed by atoms with E-state index in [4.69, 9.17) is 27.9 Å². The number of carbonyl (C=O) groups excluding carboxylic acids is 3. The van der Waals surface area contributed by atoms with Gasteiger partial charge in [-0.05, 0) is 24.3 Å². The van der Waals surface area contributed by atoms with E-state index in [1.165, 1.54) is 36.4 Å². The highest BCUT2D eigenvalue weighted by molar-refractivity contribution is 6.41. The van der Waals surface area contributed by atoms with Gasteiger partial charge in [-0.25, -0.2) is 9.18 Å². The van der Waals surface area contributed by atoms with E-state index in [1.54, 1.807) is 6.07 Å². The van der Waals surface area contributed by atoms with Gasteiger partial charge < -0.3 is 4.74 Å². The number of rotatable bonds is 5. The standard InChI is InChI=1S/C20H13Cl2FN4O5/c21-13-9-24-27(19(30)17(13)22)15-8-4-2-6-12(15)20(31)32-10-16(28)25-26-18(29)11-5-1-3-7-14(11)23/h1-9H,10H2,(H,25,28)(H,26,29). The van der Waals surface area contributed by atoms with E-state index >= 15 is 0 Å². The molecule has 12 heteroatoms. The maximum atomic E-state index is 13.6. The van der Waals surface area contributed by atoms with Crippen LogP contribution in [0.15, 0.2) is 59.5 Å². The quantitative estimate of drug-likeness (QED) is 0.428. The topological polar surface area (TPSA) is 119 Å². The predicted octanol–water partition coefficient (Wildman–Crippen LogP) is 2.30. The van der Waals surface area contributed by atoms with Crippen LogP contribution in [0, 0.1) is 5.82 Å². The summed E-state index contributed by atoms with van der Waals surface area (Å²) >= 11 is 11.6. The number of carbonyl (C=O) groups is 3. The van der Waals surface area contributed by atoms with Crippen LogP contribution in [0.25, 0.3) is 5.69 Å². The van der Waals surface area contributed by atoms with Crippen molar-refractivity contribution >= 4 is 41.0 Å². The minimum absolute atomic E-state index is 0.0503. The average Bonchev–Trinajstić information content (AvgIpc) is 2.80. The lowest BCUT2D eigenvalue weighted by Crippen LogP contribution is -2.43. The number of benzene rings is 2. The molecular weight excluding hydrogens is 466 g/mol. The maximum Gasteiger partial charge on any atom is 0.340 e. The molecule has 2 N–H and O–H groups in total. The van der Waals surface area contributed by atoms with Crippen LogP contribution in [0.5, 0.6) is 0 Å². The van der Waals surface area contributed by atoms with E-state index in [0.717, 1.165) is 16.9 Å². The van der Waals surface area contributed by atoms with Crippen LogP contribution in [0.3, 0.4) is 0 Å². The van der Waals surface area contributed by atoms with Gasteiger partial charge in [0.05, 0.1) is 28.0 Å². The largest absolute Gasteiger partial charge is 0.452 e. The number of nitrogens with one attached hydrogen (secondary N) is 2. The monoisotopic (exact) mass is 478 g/mol. The summed E-state index contributed by atoms with van der Waals surface area (Å²) in [6.45, 7) is -0.769. The Bertz CT molecular complexity index is 1260. The normalized spacial score (nSPS) is 10.3. The van der Waals surface area contributed by atoms with Crippen LogP contribution in [0.2, 0.25) is 10.0 Å². The molecule has 0 saturated heterocycles. The molecule has 1 heterocycles. The van der Waals surface area contributed by atoms with Crippen molar-refractivity contribution in [2.75, 3.05) is 6.61 Å². The van der Waals surface area contributed by atoms with Crippen molar-refractivity contribution in [1.29, 1.82) is 0 Å². The van der Waals surface area contributed by atoms with Crippen molar-refractivity contribution < 1.29 is 23.5 Å². The third-order valence-electron chi connectivity index (χ3n) is 4.00. The van der Waals surface area contributed by atoms with Gasteiger partial charge in [-0.2, -0.15) is 9.78 Å². The van der Waals surface area contributed by atoms with Gasteiger partial charge in [0.1, 0.15) is 10.8 Å². The number of hydrazine groups is 1. The highest BCUT2D eigenvalue weighted by Gasteiger charge is 2.19. The van der Waals surface area contributed by atoms with Gasteiger partial charge in [0.2, 0.25) is 0 Å². The Hall–Kier alpha value is -3.76. The molecule has 3 aromatic rings. The first-order valence-corrected chi connectivity index (χ1v) is 9.58. The number of aromatic nitrogens is 2. The zero-order chi connectivity index (χ0) is 23.3. The molecule has 0 bridgehead atoms. The van der Waals surface area contributed by atoms with Gasteiger partial charge in [-0.15, -0.1) is 0 Å². The molecule has 32 heavy (non-hydrogen) atoms. The molecule has 164 valence electrons. The van der Waals surface area contributed by atoms with Crippen LogP contribution in [0.1, 0.15) is 20.7 Å². The number of para-hydroxylation sites is 1. The third kappa shape index (κ3) is 5.10. The molecule has 2 amide bonds. The van der Waals surface area contributed by atoms with Gasteiger partial charge in [-0.1, -0.05) is 47.5 Å². The summed E-state index contributed by atoms with van der Waals surface area (Å²) in [7, 11) is 0. The van der Waals surface area contributed by atoms with E-state index in [1.807, 2.05) is 10.9 Å². The summed E-state index contributed by atoms with van der Waals surface area (Å²) in [5, 5.41) is 3.52. The van der Waals surface area contributed by atoms with E-state index in [9.17, 15) is 23.6 Å². The van der Waals surface area contributed by atoms with Crippen molar-refractivity contribution in [2.45, 2.75) is 0 Å². The van der Waals surface area contributed by atoms with E-state index < -0.39 is 35.8 Å². The Morgan fingerprint density at radius 1 is 1.00 bits per heavy atom. The van der Waals surface area contributed by atoms with Crippen molar-refractivity contribution in [2.24, 2.45) is 0 Å². The summed E-state index contributed by atoms with van der Waals surface area (Å²) < 4.78 is 19.4. The summed E-state index contributed by atoms with van der Waals surface area (Å²) in [6, 6.07) is 11.0. The van der Waals surface area contributed by atoms with E-state index in [2.05, 4.69) is 5.10 Å². The first kappa shape index (κ1) is 22.9. The fourth-order valence-electron chi connectivity index (χ4n) is 2.50. The molecule has 0 atom stereocenters. The number of nitrogens with zero attached hydrogens (tertiary/aromatic N) is 2. The number of halogens is 3. The Labute approximate surface area is 189 Å². The molecular formula is C20H13Cl2FN4O5. The zero-order valence-electron chi connectivity index (χ0n) is 16.0. The van der Waals surface area contributed by atoms with Gasteiger partial charge in [0.15, 0.2) is 6.61 Å². The minimum atomic E-state index is -0.948. The van der Waals surface area contributed by atoms with Crippen molar-refractivity contribution in [3.63, 3.8) is 0 Å². The molecule has 0 fully saturated rings. The Morgan fingerprint density at radius 2 is 1.66 bits per heavy atom.